The highest BCUT2D eigenvalue weighted by Gasteiger charge is 2.30. The SMILES string of the molecule is CC1=CC(=O)N(Nc2nc(-c3ccco3)nc3sc(-c4ccc(F)cc4)c(C)c23)C1=O. The van der Waals surface area contributed by atoms with E-state index in [1.165, 1.54) is 35.8 Å². The van der Waals surface area contributed by atoms with Crippen molar-refractivity contribution in [3.8, 4) is 22.0 Å². The maximum atomic E-state index is 13.4. The molecule has 0 saturated heterocycles. The van der Waals surface area contributed by atoms with Gasteiger partial charge in [-0.25, -0.2) is 14.4 Å². The van der Waals surface area contributed by atoms with Crippen LogP contribution < -0.4 is 5.43 Å². The first-order valence-electron chi connectivity index (χ1n) is 9.36. The van der Waals surface area contributed by atoms with Crippen LogP contribution in [-0.4, -0.2) is 26.8 Å². The van der Waals surface area contributed by atoms with Gasteiger partial charge in [0.25, 0.3) is 11.8 Å². The first-order chi connectivity index (χ1) is 14.9. The van der Waals surface area contributed by atoms with Crippen LogP contribution in [0.3, 0.4) is 0 Å². The number of halogens is 1. The van der Waals surface area contributed by atoms with Crippen LogP contribution in [0.2, 0.25) is 0 Å². The predicted octanol–water partition coefficient (Wildman–Crippen LogP) is 4.71. The molecule has 7 nitrogen and oxygen atoms in total. The van der Waals surface area contributed by atoms with E-state index in [9.17, 15) is 14.0 Å². The molecule has 1 aliphatic heterocycles. The summed E-state index contributed by atoms with van der Waals surface area (Å²) in [7, 11) is 0. The molecule has 0 radical (unpaired) electrons. The van der Waals surface area contributed by atoms with E-state index in [1.54, 1.807) is 31.2 Å². The van der Waals surface area contributed by atoms with E-state index in [-0.39, 0.29) is 5.82 Å². The summed E-state index contributed by atoms with van der Waals surface area (Å²) in [6.07, 6.45) is 2.78. The van der Waals surface area contributed by atoms with Gasteiger partial charge in [-0.3, -0.25) is 15.0 Å². The Labute approximate surface area is 179 Å². The van der Waals surface area contributed by atoms with Crippen LogP contribution in [-0.2, 0) is 9.59 Å². The van der Waals surface area contributed by atoms with Crippen LogP contribution in [0.5, 0.6) is 0 Å². The van der Waals surface area contributed by atoms with Gasteiger partial charge in [0.2, 0.25) is 0 Å². The van der Waals surface area contributed by atoms with Crippen molar-refractivity contribution in [3.63, 3.8) is 0 Å². The Morgan fingerprint density at radius 2 is 1.87 bits per heavy atom. The molecule has 1 aliphatic rings. The second-order valence-electron chi connectivity index (χ2n) is 7.03. The molecule has 1 N–H and O–H groups in total. The molecule has 0 bridgehead atoms. The van der Waals surface area contributed by atoms with Crippen molar-refractivity contribution in [1.29, 1.82) is 0 Å². The largest absolute Gasteiger partial charge is 0.461 e. The molecule has 4 heterocycles. The lowest BCUT2D eigenvalue weighted by Gasteiger charge is -2.17. The van der Waals surface area contributed by atoms with E-state index in [0.717, 1.165) is 21.0 Å². The summed E-state index contributed by atoms with van der Waals surface area (Å²) < 4.78 is 18.8. The minimum Gasteiger partial charge on any atom is -0.461 e. The Kier molecular flexibility index (Phi) is 4.40. The van der Waals surface area contributed by atoms with Crippen LogP contribution in [0.1, 0.15) is 12.5 Å². The molecule has 154 valence electrons. The van der Waals surface area contributed by atoms with Crippen LogP contribution in [0.4, 0.5) is 10.2 Å². The number of carbonyl (C=O) groups is 2. The fourth-order valence-corrected chi connectivity index (χ4v) is 4.60. The highest BCUT2D eigenvalue weighted by atomic mass is 32.1. The van der Waals surface area contributed by atoms with Crippen molar-refractivity contribution in [2.75, 3.05) is 5.43 Å². The van der Waals surface area contributed by atoms with Crippen LogP contribution >= 0.6 is 11.3 Å². The van der Waals surface area contributed by atoms with E-state index >= 15 is 0 Å². The Bertz CT molecular complexity index is 1370. The molecule has 0 fully saturated rings. The number of imide groups is 1. The molecule has 5 rings (SSSR count). The number of amides is 2. The number of carbonyl (C=O) groups excluding carboxylic acids is 2. The number of nitrogens with one attached hydrogen (secondary N) is 1. The third kappa shape index (κ3) is 3.19. The molecule has 1 aromatic carbocycles. The zero-order valence-corrected chi connectivity index (χ0v) is 17.3. The zero-order chi connectivity index (χ0) is 21.7. The smallest absolute Gasteiger partial charge is 0.275 e. The summed E-state index contributed by atoms with van der Waals surface area (Å²) in [5.41, 5.74) is 4.89. The number of benzene rings is 1. The van der Waals surface area contributed by atoms with Gasteiger partial charge >= 0.3 is 0 Å². The maximum Gasteiger partial charge on any atom is 0.275 e. The summed E-state index contributed by atoms with van der Waals surface area (Å²) >= 11 is 1.41. The minimum absolute atomic E-state index is 0.309. The number of fused-ring (bicyclic) bond motifs is 1. The lowest BCUT2D eigenvalue weighted by molar-refractivity contribution is -0.135. The van der Waals surface area contributed by atoms with Gasteiger partial charge in [0.1, 0.15) is 10.6 Å². The molecule has 0 saturated carbocycles. The van der Waals surface area contributed by atoms with Crippen molar-refractivity contribution in [2.24, 2.45) is 0 Å². The number of hydrogen-bond donors (Lipinski definition) is 1. The highest BCUT2D eigenvalue weighted by Crippen LogP contribution is 2.41. The average molecular weight is 434 g/mol. The first kappa shape index (κ1) is 19.1. The normalized spacial score (nSPS) is 13.9. The number of aryl methyl sites for hydroxylation is 1. The minimum atomic E-state index is -0.472. The number of hydrogen-bond acceptors (Lipinski definition) is 7. The van der Waals surface area contributed by atoms with Crippen LogP contribution in [0.15, 0.2) is 58.7 Å². The molecule has 3 aromatic heterocycles. The van der Waals surface area contributed by atoms with E-state index in [1.807, 2.05) is 6.92 Å². The molecular formula is C22H15FN4O3S. The third-order valence-electron chi connectivity index (χ3n) is 4.96. The Morgan fingerprint density at radius 3 is 2.52 bits per heavy atom. The van der Waals surface area contributed by atoms with Crippen LogP contribution in [0.25, 0.3) is 32.2 Å². The van der Waals surface area contributed by atoms with Gasteiger partial charge in [-0.1, -0.05) is 12.1 Å². The summed E-state index contributed by atoms with van der Waals surface area (Å²) in [6, 6.07) is 9.64. The van der Waals surface area contributed by atoms with Gasteiger partial charge in [-0.2, -0.15) is 5.01 Å². The van der Waals surface area contributed by atoms with Gasteiger partial charge in [-0.15, -0.1) is 11.3 Å². The van der Waals surface area contributed by atoms with Gasteiger partial charge in [0, 0.05) is 16.5 Å². The molecule has 0 aliphatic carbocycles. The van der Waals surface area contributed by atoms with E-state index in [2.05, 4.69) is 15.4 Å². The molecule has 0 unspecified atom stereocenters. The molecular weight excluding hydrogens is 419 g/mol. The van der Waals surface area contributed by atoms with E-state index in [4.69, 9.17) is 4.42 Å². The Morgan fingerprint density at radius 1 is 1.10 bits per heavy atom. The third-order valence-corrected chi connectivity index (χ3v) is 6.19. The quantitative estimate of drug-likeness (QED) is 0.468. The topological polar surface area (TPSA) is 88.3 Å². The summed E-state index contributed by atoms with van der Waals surface area (Å²) in [6.45, 7) is 3.48. The fraction of sp³-hybridized carbons (Fsp3) is 0.0909. The molecule has 0 spiro atoms. The van der Waals surface area contributed by atoms with Gasteiger partial charge in [-0.05, 0) is 49.2 Å². The number of thiophene rings is 1. The second kappa shape index (κ2) is 7.13. The van der Waals surface area contributed by atoms with Crippen molar-refractivity contribution in [2.45, 2.75) is 13.8 Å². The summed E-state index contributed by atoms with van der Waals surface area (Å²) in [5, 5.41) is 1.60. The molecule has 9 heteroatoms. The van der Waals surface area contributed by atoms with Gasteiger partial charge < -0.3 is 4.42 Å². The molecule has 2 amide bonds. The Hall–Kier alpha value is -3.85. The van der Waals surface area contributed by atoms with E-state index in [0.29, 0.717) is 33.2 Å². The highest BCUT2D eigenvalue weighted by molar-refractivity contribution is 7.22. The summed E-state index contributed by atoms with van der Waals surface area (Å²) in [5.74, 6) is -0.159. The van der Waals surface area contributed by atoms with Crippen LogP contribution in [0, 0.1) is 12.7 Å². The standard InChI is InChI=1S/C22H15FN4O3S/c1-11-10-16(28)27(22(11)29)26-20-17-12(2)18(13-5-7-14(23)8-6-13)31-21(17)25-19(24-20)15-4-3-9-30-15/h3-10H,1-2H3,(H,24,25,26). The van der Waals surface area contributed by atoms with Gasteiger partial charge in [0.15, 0.2) is 17.4 Å². The molecule has 4 aromatic rings. The van der Waals surface area contributed by atoms with E-state index < -0.39 is 11.8 Å². The number of rotatable bonds is 4. The lowest BCUT2D eigenvalue weighted by atomic mass is 10.1. The average Bonchev–Trinajstić information content (AvgIpc) is 3.45. The number of aromatic nitrogens is 2. The second-order valence-corrected chi connectivity index (χ2v) is 8.03. The molecule has 0 atom stereocenters. The Balaban J connectivity index is 1.69. The van der Waals surface area contributed by atoms with Crippen molar-refractivity contribution in [3.05, 3.63) is 65.7 Å². The zero-order valence-electron chi connectivity index (χ0n) is 16.5. The number of furan rings is 1. The van der Waals surface area contributed by atoms with Crippen molar-refractivity contribution < 1.29 is 18.4 Å². The maximum absolute atomic E-state index is 13.4. The fourth-order valence-electron chi connectivity index (χ4n) is 3.41. The first-order valence-corrected chi connectivity index (χ1v) is 10.2. The lowest BCUT2D eigenvalue weighted by Crippen LogP contribution is -2.36. The van der Waals surface area contributed by atoms with Gasteiger partial charge in [0.05, 0.1) is 11.6 Å². The van der Waals surface area contributed by atoms with Crippen molar-refractivity contribution >= 4 is 39.2 Å². The molecule has 31 heavy (non-hydrogen) atoms. The number of hydrazine groups is 1. The number of nitrogens with zero attached hydrogens (tertiary/aromatic N) is 3. The monoisotopic (exact) mass is 434 g/mol. The van der Waals surface area contributed by atoms with Crippen molar-refractivity contribution in [1.82, 2.24) is 15.0 Å². The number of anilines is 1. The summed E-state index contributed by atoms with van der Waals surface area (Å²) in [4.78, 5) is 35.4. The predicted molar refractivity (Wildman–Crippen MR) is 114 cm³/mol.